The quantitative estimate of drug-likeness (QED) is 0.754. The molecule has 0 aromatic carbocycles. The fourth-order valence-electron chi connectivity index (χ4n) is 2.62. The lowest BCUT2D eigenvalue weighted by atomic mass is 9.90. The van der Waals surface area contributed by atoms with Crippen molar-refractivity contribution in [1.82, 2.24) is 5.32 Å². The van der Waals surface area contributed by atoms with Crippen molar-refractivity contribution in [3.05, 3.63) is 0 Å². The number of alkyl halides is 1. The van der Waals surface area contributed by atoms with Crippen LogP contribution < -0.4 is 5.32 Å². The molecule has 0 saturated carbocycles. The van der Waals surface area contributed by atoms with Crippen molar-refractivity contribution >= 4 is 0 Å². The number of hydrogen-bond donors (Lipinski definition) is 1. The molecule has 82 valence electrons. The van der Waals surface area contributed by atoms with Crippen molar-refractivity contribution in [3.63, 3.8) is 0 Å². The van der Waals surface area contributed by atoms with E-state index in [1.165, 1.54) is 0 Å². The van der Waals surface area contributed by atoms with Gasteiger partial charge < -0.3 is 10.1 Å². The summed E-state index contributed by atoms with van der Waals surface area (Å²) in [5.74, 6) is 0. The molecule has 0 radical (unpaired) electrons. The van der Waals surface area contributed by atoms with E-state index in [9.17, 15) is 4.39 Å². The molecule has 0 amide bonds. The molecule has 2 rings (SSSR count). The van der Waals surface area contributed by atoms with Gasteiger partial charge in [-0.05, 0) is 39.5 Å². The zero-order valence-corrected chi connectivity index (χ0v) is 9.05. The maximum Gasteiger partial charge on any atom is 0.137 e. The van der Waals surface area contributed by atoms with Crippen LogP contribution in [0.5, 0.6) is 0 Å². The highest BCUT2D eigenvalue weighted by molar-refractivity contribution is 5.00. The third kappa shape index (κ3) is 2.26. The van der Waals surface area contributed by atoms with Crippen LogP contribution in [0.4, 0.5) is 4.39 Å². The van der Waals surface area contributed by atoms with Crippen LogP contribution in [0.3, 0.4) is 0 Å². The minimum absolute atomic E-state index is 0.134. The second kappa shape index (κ2) is 3.78. The third-order valence-electron chi connectivity index (χ3n) is 3.23. The Bertz CT molecular complexity index is 195. The Hall–Kier alpha value is -0.150. The van der Waals surface area contributed by atoms with E-state index in [0.29, 0.717) is 24.9 Å². The van der Waals surface area contributed by atoms with Gasteiger partial charge in [-0.3, -0.25) is 0 Å². The van der Waals surface area contributed by atoms with Crippen LogP contribution in [0.1, 0.15) is 39.5 Å². The van der Waals surface area contributed by atoms with Crippen molar-refractivity contribution < 1.29 is 9.13 Å². The number of rotatable bonds is 3. The molecule has 2 aliphatic rings. The molecule has 2 aliphatic heterocycles. The fourth-order valence-corrected chi connectivity index (χ4v) is 2.62. The van der Waals surface area contributed by atoms with E-state index >= 15 is 0 Å². The summed E-state index contributed by atoms with van der Waals surface area (Å²) in [4.78, 5) is 0. The van der Waals surface area contributed by atoms with Gasteiger partial charge in [-0.15, -0.1) is 0 Å². The van der Waals surface area contributed by atoms with Gasteiger partial charge in [0.05, 0.1) is 12.7 Å². The van der Waals surface area contributed by atoms with Crippen molar-refractivity contribution in [3.8, 4) is 0 Å². The monoisotopic (exact) mass is 201 g/mol. The number of piperidine rings is 1. The van der Waals surface area contributed by atoms with Gasteiger partial charge in [-0.25, -0.2) is 4.39 Å². The smallest absolute Gasteiger partial charge is 0.137 e. The predicted molar refractivity (Wildman–Crippen MR) is 54.1 cm³/mol. The lowest BCUT2D eigenvalue weighted by Gasteiger charge is -2.35. The summed E-state index contributed by atoms with van der Waals surface area (Å²) in [6, 6.07) is 0.795. The van der Waals surface area contributed by atoms with Gasteiger partial charge in [-0.1, -0.05) is 0 Å². The summed E-state index contributed by atoms with van der Waals surface area (Å²) in [5.41, 5.74) is -1.07. The highest BCUT2D eigenvalue weighted by Gasteiger charge is 2.44. The summed E-state index contributed by atoms with van der Waals surface area (Å²) in [5, 5.41) is 3.44. The molecule has 0 spiro atoms. The largest absolute Gasteiger partial charge is 0.375 e. The number of halogens is 1. The van der Waals surface area contributed by atoms with Crippen LogP contribution in [0, 0.1) is 0 Å². The van der Waals surface area contributed by atoms with E-state index in [4.69, 9.17) is 4.74 Å². The molecule has 0 aromatic heterocycles. The molecule has 2 heterocycles. The van der Waals surface area contributed by atoms with Crippen LogP contribution in [0.15, 0.2) is 0 Å². The van der Waals surface area contributed by atoms with E-state index in [1.807, 2.05) is 13.8 Å². The molecule has 2 unspecified atom stereocenters. The molecular weight excluding hydrogens is 181 g/mol. The zero-order valence-electron chi connectivity index (χ0n) is 9.05. The summed E-state index contributed by atoms with van der Waals surface area (Å²) in [6.45, 7) is 4.19. The predicted octanol–water partition coefficient (Wildman–Crippen LogP) is 2.03. The van der Waals surface area contributed by atoms with Crippen LogP contribution in [0.2, 0.25) is 0 Å². The van der Waals surface area contributed by atoms with E-state index < -0.39 is 5.67 Å². The fraction of sp³-hybridized carbons (Fsp3) is 1.00. The standard InChI is InChI=1S/C11H20FNO/c1-8(2)14-7-11(12)5-9-3-4-10(6-11)13-9/h8-10,13H,3-7H2,1-2H3. The molecule has 3 heteroatoms. The number of fused-ring (bicyclic) bond motifs is 2. The summed E-state index contributed by atoms with van der Waals surface area (Å²) in [6.07, 6.45) is 3.68. The number of hydrogen-bond acceptors (Lipinski definition) is 2. The lowest BCUT2D eigenvalue weighted by Crippen LogP contribution is -2.48. The maximum atomic E-state index is 14.3. The Morgan fingerprint density at radius 1 is 1.36 bits per heavy atom. The molecule has 2 fully saturated rings. The molecule has 0 aliphatic carbocycles. The van der Waals surface area contributed by atoms with E-state index in [2.05, 4.69) is 5.32 Å². The first-order chi connectivity index (χ1) is 6.57. The Morgan fingerprint density at radius 3 is 2.43 bits per heavy atom. The van der Waals surface area contributed by atoms with E-state index in [0.717, 1.165) is 12.8 Å². The summed E-state index contributed by atoms with van der Waals surface area (Å²) in [7, 11) is 0. The average molecular weight is 201 g/mol. The van der Waals surface area contributed by atoms with Gasteiger partial charge in [0.2, 0.25) is 0 Å². The highest BCUT2D eigenvalue weighted by Crippen LogP contribution is 2.36. The second-order valence-electron chi connectivity index (χ2n) is 5.06. The molecule has 2 saturated heterocycles. The molecule has 0 aromatic rings. The van der Waals surface area contributed by atoms with Crippen LogP contribution in [-0.2, 0) is 4.74 Å². The summed E-state index contributed by atoms with van der Waals surface area (Å²) < 4.78 is 19.7. The van der Waals surface area contributed by atoms with Crippen molar-refractivity contribution in [2.24, 2.45) is 0 Å². The summed E-state index contributed by atoms with van der Waals surface area (Å²) >= 11 is 0. The Balaban J connectivity index is 1.89. The first kappa shape index (κ1) is 10.4. The van der Waals surface area contributed by atoms with Crippen LogP contribution in [-0.4, -0.2) is 30.5 Å². The second-order valence-corrected chi connectivity index (χ2v) is 5.06. The molecule has 1 N–H and O–H groups in total. The van der Waals surface area contributed by atoms with E-state index in [1.54, 1.807) is 0 Å². The molecule has 2 bridgehead atoms. The highest BCUT2D eigenvalue weighted by atomic mass is 19.1. The normalized spacial score (nSPS) is 42.0. The van der Waals surface area contributed by atoms with Gasteiger partial charge >= 0.3 is 0 Å². The number of ether oxygens (including phenoxy) is 1. The minimum Gasteiger partial charge on any atom is -0.375 e. The Labute approximate surface area is 85.2 Å². The third-order valence-corrected chi connectivity index (χ3v) is 3.23. The first-order valence-corrected chi connectivity index (χ1v) is 5.64. The number of nitrogens with one attached hydrogen (secondary N) is 1. The van der Waals surface area contributed by atoms with Crippen LogP contribution >= 0.6 is 0 Å². The molecular formula is C11H20FNO. The maximum absolute atomic E-state index is 14.3. The van der Waals surface area contributed by atoms with Crippen molar-refractivity contribution in [2.75, 3.05) is 6.61 Å². The van der Waals surface area contributed by atoms with Crippen molar-refractivity contribution in [1.29, 1.82) is 0 Å². The SMILES string of the molecule is CC(C)OCC1(F)CC2CCC(C1)N2. The van der Waals surface area contributed by atoms with Gasteiger partial charge in [-0.2, -0.15) is 0 Å². The minimum atomic E-state index is -1.07. The Kier molecular flexibility index (Phi) is 2.80. The first-order valence-electron chi connectivity index (χ1n) is 5.64. The zero-order chi connectivity index (χ0) is 10.2. The van der Waals surface area contributed by atoms with Crippen molar-refractivity contribution in [2.45, 2.75) is 63.4 Å². The molecule has 14 heavy (non-hydrogen) atoms. The van der Waals surface area contributed by atoms with Gasteiger partial charge in [0, 0.05) is 12.1 Å². The van der Waals surface area contributed by atoms with Gasteiger partial charge in [0.25, 0.3) is 0 Å². The van der Waals surface area contributed by atoms with Gasteiger partial charge in [0.15, 0.2) is 0 Å². The lowest BCUT2D eigenvalue weighted by molar-refractivity contribution is -0.0375. The topological polar surface area (TPSA) is 21.3 Å². The van der Waals surface area contributed by atoms with Crippen LogP contribution in [0.25, 0.3) is 0 Å². The Morgan fingerprint density at radius 2 is 1.93 bits per heavy atom. The average Bonchev–Trinajstić information content (AvgIpc) is 2.43. The van der Waals surface area contributed by atoms with E-state index in [-0.39, 0.29) is 12.7 Å². The van der Waals surface area contributed by atoms with Gasteiger partial charge in [0.1, 0.15) is 5.67 Å². The molecule has 2 nitrogen and oxygen atoms in total. The molecule has 2 atom stereocenters.